The van der Waals surface area contributed by atoms with Crippen LogP contribution in [0.25, 0.3) is 64.4 Å². The van der Waals surface area contributed by atoms with Gasteiger partial charge in [0.25, 0.3) is 0 Å². The van der Waals surface area contributed by atoms with Crippen LogP contribution >= 0.6 is 11.3 Å². The van der Waals surface area contributed by atoms with Gasteiger partial charge in [0, 0.05) is 82.1 Å². The lowest BCUT2D eigenvalue weighted by molar-refractivity contribution is 0.332. The lowest BCUT2D eigenvalue weighted by Gasteiger charge is -2.46. The summed E-state index contributed by atoms with van der Waals surface area (Å²) in [6.45, 7) is 37.3. The van der Waals surface area contributed by atoms with Crippen LogP contribution in [0.4, 0.5) is 45.5 Å². The molecule has 2 aliphatic heterocycles. The number of furan rings is 1. The molecular weight excluding hydrogens is 1110 g/mol. The van der Waals surface area contributed by atoms with Crippen LogP contribution in [-0.2, 0) is 32.5 Å². The smallest absolute Gasteiger partial charge is 0.333 e. The normalized spacial score (nSPS) is 15.4. The first-order chi connectivity index (χ1) is 42.6. The summed E-state index contributed by atoms with van der Waals surface area (Å²) in [5, 5.41) is 4.89. The van der Waals surface area contributed by atoms with Crippen molar-refractivity contribution in [3.05, 3.63) is 228 Å². The number of hydrogen-bond acceptors (Lipinski definition) is 5. The maximum Gasteiger partial charge on any atom is 0.333 e. The number of rotatable bonds is 6. The summed E-state index contributed by atoms with van der Waals surface area (Å²) in [6.07, 6.45) is 2.26. The molecule has 2 aromatic heterocycles. The Kier molecular flexibility index (Phi) is 13.0. The van der Waals surface area contributed by atoms with E-state index in [-0.39, 0.29) is 39.3 Å². The molecule has 15 rings (SSSR count). The van der Waals surface area contributed by atoms with E-state index in [1.807, 2.05) is 11.3 Å². The van der Waals surface area contributed by atoms with E-state index in [9.17, 15) is 0 Å². The molecule has 3 aliphatic rings. The third kappa shape index (κ3) is 9.27. The van der Waals surface area contributed by atoms with E-state index >= 15 is 0 Å². The molecule has 0 bridgehead atoms. The largest absolute Gasteiger partial charge is 0.456 e. The molecule has 4 heterocycles. The Morgan fingerprint density at radius 2 is 1.01 bits per heavy atom. The summed E-state index contributed by atoms with van der Waals surface area (Å²) in [5.74, 6) is 0. The Balaban J connectivity index is 1.11. The Hall–Kier alpha value is -8.32. The zero-order valence-corrected chi connectivity index (χ0v) is 56.4. The minimum absolute atomic E-state index is 0.00496. The van der Waals surface area contributed by atoms with Gasteiger partial charge in [-0.3, -0.25) is 0 Å². The van der Waals surface area contributed by atoms with Crippen molar-refractivity contribution in [2.75, 3.05) is 14.6 Å². The molecule has 0 saturated carbocycles. The van der Waals surface area contributed by atoms with Gasteiger partial charge < -0.3 is 19.0 Å². The summed E-state index contributed by atoms with van der Waals surface area (Å²) >= 11 is 1.94. The molecule has 0 N–H and O–H groups in total. The second-order valence-electron chi connectivity index (χ2n) is 31.7. The highest BCUT2D eigenvalue weighted by atomic mass is 32.1. The second kappa shape index (κ2) is 20.1. The van der Waals surface area contributed by atoms with Crippen molar-refractivity contribution in [1.29, 1.82) is 0 Å². The molecule has 0 radical (unpaired) electrons. The van der Waals surface area contributed by atoms with Crippen molar-refractivity contribution in [3.63, 3.8) is 0 Å². The second-order valence-corrected chi connectivity index (χ2v) is 32.7. The third-order valence-corrected chi connectivity index (χ3v) is 21.7. The first kappa shape index (κ1) is 58.1. The van der Waals surface area contributed by atoms with Crippen LogP contribution in [0, 0.1) is 0 Å². The van der Waals surface area contributed by atoms with Gasteiger partial charge in [0.15, 0.2) is 0 Å². The van der Waals surface area contributed by atoms with Crippen LogP contribution < -0.4 is 25.5 Å². The predicted molar refractivity (Wildman–Crippen MR) is 391 cm³/mol. The van der Waals surface area contributed by atoms with Gasteiger partial charge in [0.05, 0.1) is 11.1 Å². The molecule has 10 aromatic carbocycles. The average molecular weight is 1190 g/mol. The van der Waals surface area contributed by atoms with Crippen molar-refractivity contribution in [2.45, 2.75) is 156 Å². The predicted octanol–water partition coefficient (Wildman–Crippen LogP) is 23.3. The molecule has 4 nitrogen and oxygen atoms in total. The molecule has 0 amide bonds. The molecular formula is C84H84BN3OS. The van der Waals surface area contributed by atoms with Gasteiger partial charge in [-0.25, -0.2) is 0 Å². The summed E-state index contributed by atoms with van der Waals surface area (Å²) in [6, 6.07) is 75.4. The van der Waals surface area contributed by atoms with Crippen LogP contribution in [0.5, 0.6) is 0 Å². The molecule has 12 aromatic rings. The monoisotopic (exact) mass is 1190 g/mol. The molecule has 0 atom stereocenters. The Morgan fingerprint density at radius 1 is 0.456 bits per heavy atom. The van der Waals surface area contributed by atoms with Gasteiger partial charge in [-0.1, -0.05) is 208 Å². The highest BCUT2D eigenvalue weighted by Gasteiger charge is 2.48. The molecule has 6 heteroatoms. The van der Waals surface area contributed by atoms with Gasteiger partial charge in [-0.15, -0.1) is 11.3 Å². The maximum atomic E-state index is 7.30. The number of benzene rings is 10. The van der Waals surface area contributed by atoms with E-state index in [4.69, 9.17) is 4.42 Å². The van der Waals surface area contributed by atoms with Crippen LogP contribution in [-0.4, -0.2) is 6.85 Å². The summed E-state index contributed by atoms with van der Waals surface area (Å²) in [4.78, 5) is 7.90. The number of hydrogen-bond donors (Lipinski definition) is 0. The van der Waals surface area contributed by atoms with E-state index < -0.39 is 0 Å². The molecule has 0 saturated heterocycles. The minimum Gasteiger partial charge on any atom is -0.456 e. The molecule has 0 unspecified atom stereocenters. The highest BCUT2D eigenvalue weighted by Crippen LogP contribution is 2.57. The van der Waals surface area contributed by atoms with Gasteiger partial charge in [0.2, 0.25) is 0 Å². The van der Waals surface area contributed by atoms with Crippen LogP contribution in [0.2, 0.25) is 0 Å². The first-order valence-electron chi connectivity index (χ1n) is 32.7. The minimum atomic E-state index is -0.277. The van der Waals surface area contributed by atoms with Crippen LogP contribution in [0.1, 0.15) is 157 Å². The van der Waals surface area contributed by atoms with Crippen molar-refractivity contribution in [1.82, 2.24) is 0 Å². The van der Waals surface area contributed by atoms with Gasteiger partial charge in [-0.05, 0) is 192 Å². The van der Waals surface area contributed by atoms with E-state index in [2.05, 4.69) is 320 Å². The summed E-state index contributed by atoms with van der Waals surface area (Å²) < 4.78 is 9.89. The van der Waals surface area contributed by atoms with Gasteiger partial charge in [0.1, 0.15) is 11.2 Å². The van der Waals surface area contributed by atoms with Crippen LogP contribution in [0.3, 0.4) is 0 Å². The average Bonchev–Trinajstić information content (AvgIpc) is 1.17. The van der Waals surface area contributed by atoms with Gasteiger partial charge >= 0.3 is 6.85 Å². The Labute approximate surface area is 538 Å². The molecule has 0 spiro atoms. The van der Waals surface area contributed by atoms with E-state index in [1.54, 1.807) is 0 Å². The van der Waals surface area contributed by atoms with Crippen molar-refractivity contribution >= 4 is 117 Å². The standard InChI is InChI=1S/C84H84BN3OS/c1-79(2,3)52-26-33-56(34-27-52)86(57-35-28-53(29-36-57)80(4,5)6)59-39-41-67-69(47-59)87(68-42-32-55(82(10,11)12)46-62(68)51-22-18-17-19-23-51)70-49-63-60-24-20-21-25-73(60)90-78(63)75-61-40-43-71-74(64-48-65-66(50-72(64)89-71)84(15,16)45-44-83(65,13)14)77(61)88(85(67)76(70)75)58-37-30-54(31-38-58)81(7,8)9/h17-43,46-50H,44-45H2,1-16H3. The van der Waals surface area contributed by atoms with Crippen molar-refractivity contribution < 1.29 is 4.42 Å². The fourth-order valence-corrected chi connectivity index (χ4v) is 16.4. The topological polar surface area (TPSA) is 22.9 Å². The zero-order valence-electron chi connectivity index (χ0n) is 55.6. The van der Waals surface area contributed by atoms with Crippen molar-refractivity contribution in [3.8, 4) is 22.3 Å². The summed E-state index contributed by atoms with van der Waals surface area (Å²) in [7, 11) is 0. The molecule has 1 aliphatic carbocycles. The summed E-state index contributed by atoms with van der Waals surface area (Å²) in [5.41, 5.74) is 26.3. The number of thiophene rings is 1. The fourth-order valence-electron chi connectivity index (χ4n) is 15.1. The van der Waals surface area contributed by atoms with E-state index in [0.717, 1.165) is 58.1 Å². The lowest BCUT2D eigenvalue weighted by Crippen LogP contribution is -2.61. The Morgan fingerprint density at radius 3 is 1.62 bits per heavy atom. The van der Waals surface area contributed by atoms with Gasteiger partial charge in [-0.2, -0.15) is 0 Å². The SMILES string of the molecule is CC(C)(C)c1ccc(N2B3c4ccc(N(c5ccc(C(C)(C)C)cc5)c5ccc(C(C)(C)C)cc5)cc4N(c4ccc(C(C)(C)C)cc4-c4ccccc4)c4cc5c(sc6ccccc65)c(c43)-c3ccc4oc5cc6c(cc5c4c32)C(C)(C)CCC6(C)C)cc1. The third-order valence-electron chi connectivity index (χ3n) is 20.5. The van der Waals surface area contributed by atoms with E-state index in [0.29, 0.717) is 0 Å². The van der Waals surface area contributed by atoms with Crippen LogP contribution in [0.15, 0.2) is 199 Å². The Bertz CT molecular complexity index is 4800. The number of fused-ring (bicyclic) bond motifs is 13. The number of nitrogens with zero attached hydrogens (tertiary/aromatic N) is 3. The quantitative estimate of drug-likeness (QED) is 0.155. The molecule has 0 fully saturated rings. The fraction of sp³-hybridized carbons (Fsp3) is 0.286. The molecule has 450 valence electrons. The number of anilines is 8. The highest BCUT2D eigenvalue weighted by molar-refractivity contribution is 7.26. The first-order valence-corrected chi connectivity index (χ1v) is 33.5. The molecule has 90 heavy (non-hydrogen) atoms. The zero-order chi connectivity index (χ0) is 62.9. The van der Waals surface area contributed by atoms with Crippen molar-refractivity contribution in [2.24, 2.45) is 0 Å². The lowest BCUT2D eigenvalue weighted by atomic mass is 9.43. The van der Waals surface area contributed by atoms with E-state index in [1.165, 1.54) is 109 Å². The maximum absolute atomic E-state index is 7.30.